The lowest BCUT2D eigenvalue weighted by Crippen LogP contribution is -2.50. The lowest BCUT2D eigenvalue weighted by molar-refractivity contribution is -0.0304. The minimum atomic E-state index is -0.208. The highest BCUT2D eigenvalue weighted by Gasteiger charge is 2.30. The van der Waals surface area contributed by atoms with Gasteiger partial charge < -0.3 is 14.7 Å². The molecule has 0 bridgehead atoms. The highest BCUT2D eigenvalue weighted by atomic mass is 16.5. The van der Waals surface area contributed by atoms with Crippen molar-refractivity contribution in [1.29, 1.82) is 5.26 Å². The fraction of sp³-hybridized carbons (Fsp3) is 0.500. The van der Waals surface area contributed by atoms with Crippen LogP contribution in [0.3, 0.4) is 0 Å². The molecule has 0 unspecified atom stereocenters. The van der Waals surface area contributed by atoms with Crippen LogP contribution in [0.5, 0.6) is 0 Å². The number of nitriles is 1. The van der Waals surface area contributed by atoms with Gasteiger partial charge in [-0.3, -0.25) is 9.88 Å². The van der Waals surface area contributed by atoms with Gasteiger partial charge in [0.15, 0.2) is 0 Å². The smallest absolute Gasteiger partial charge is 0.101 e. The van der Waals surface area contributed by atoms with E-state index < -0.39 is 0 Å². The number of hydrogen-bond acceptors (Lipinski definition) is 6. The predicted octanol–water partition coefficient (Wildman–Crippen LogP) is 1.77. The summed E-state index contributed by atoms with van der Waals surface area (Å²) in [6.07, 6.45) is 2.60. The average molecular weight is 352 g/mol. The van der Waals surface area contributed by atoms with Gasteiger partial charge in [0, 0.05) is 50.0 Å². The SMILES string of the molecule is C[C@@H]1CN(c2ccc(C#N)c3ncccc23)C[C@H](CN2CC[C@H](O)C2)O1. The van der Waals surface area contributed by atoms with Crippen LogP contribution in [0.25, 0.3) is 10.9 Å². The van der Waals surface area contributed by atoms with E-state index in [1.807, 2.05) is 24.3 Å². The van der Waals surface area contributed by atoms with Crippen molar-refractivity contribution in [3.8, 4) is 6.07 Å². The second-order valence-electron chi connectivity index (χ2n) is 7.32. The number of aliphatic hydroxyl groups is 1. The number of pyridine rings is 1. The van der Waals surface area contributed by atoms with E-state index in [9.17, 15) is 10.4 Å². The van der Waals surface area contributed by atoms with E-state index >= 15 is 0 Å². The molecule has 2 aliphatic heterocycles. The van der Waals surface area contributed by atoms with Crippen molar-refractivity contribution in [2.24, 2.45) is 0 Å². The molecule has 1 N–H and O–H groups in total. The molecule has 136 valence electrons. The van der Waals surface area contributed by atoms with Crippen LogP contribution < -0.4 is 4.90 Å². The van der Waals surface area contributed by atoms with Crippen molar-refractivity contribution in [3.63, 3.8) is 0 Å². The summed E-state index contributed by atoms with van der Waals surface area (Å²) in [5.41, 5.74) is 2.47. The molecule has 1 aromatic carbocycles. The summed E-state index contributed by atoms with van der Waals surface area (Å²) in [5.74, 6) is 0. The van der Waals surface area contributed by atoms with Gasteiger partial charge >= 0.3 is 0 Å². The Morgan fingerprint density at radius 2 is 2.19 bits per heavy atom. The molecule has 6 nitrogen and oxygen atoms in total. The fourth-order valence-electron chi connectivity index (χ4n) is 4.13. The van der Waals surface area contributed by atoms with Crippen molar-refractivity contribution in [2.45, 2.75) is 31.7 Å². The van der Waals surface area contributed by atoms with Gasteiger partial charge in [-0.2, -0.15) is 5.26 Å². The number of aromatic nitrogens is 1. The van der Waals surface area contributed by atoms with Crippen LogP contribution in [0.15, 0.2) is 30.5 Å². The average Bonchev–Trinajstić information content (AvgIpc) is 3.05. The van der Waals surface area contributed by atoms with E-state index in [0.717, 1.165) is 55.7 Å². The van der Waals surface area contributed by atoms with Gasteiger partial charge in [0.25, 0.3) is 0 Å². The zero-order valence-electron chi connectivity index (χ0n) is 15.0. The number of aliphatic hydroxyl groups excluding tert-OH is 1. The Hall–Kier alpha value is -2.20. The van der Waals surface area contributed by atoms with Crippen LogP contribution in [0, 0.1) is 11.3 Å². The van der Waals surface area contributed by atoms with Crippen molar-refractivity contribution >= 4 is 16.6 Å². The Morgan fingerprint density at radius 1 is 1.31 bits per heavy atom. The third-order valence-electron chi connectivity index (χ3n) is 5.24. The van der Waals surface area contributed by atoms with E-state index in [1.54, 1.807) is 6.20 Å². The summed E-state index contributed by atoms with van der Waals surface area (Å²) in [6.45, 7) is 6.21. The molecule has 0 spiro atoms. The Morgan fingerprint density at radius 3 is 2.96 bits per heavy atom. The minimum Gasteiger partial charge on any atom is -0.392 e. The fourth-order valence-corrected chi connectivity index (χ4v) is 4.13. The Bertz CT molecular complexity index is 834. The predicted molar refractivity (Wildman–Crippen MR) is 100 cm³/mol. The maximum absolute atomic E-state index is 9.75. The molecule has 0 aliphatic carbocycles. The summed E-state index contributed by atoms with van der Waals surface area (Å²) in [7, 11) is 0. The molecular weight excluding hydrogens is 328 g/mol. The van der Waals surface area contributed by atoms with Crippen LogP contribution in [0.2, 0.25) is 0 Å². The monoisotopic (exact) mass is 352 g/mol. The molecule has 3 atom stereocenters. The van der Waals surface area contributed by atoms with E-state index in [1.165, 1.54) is 0 Å². The van der Waals surface area contributed by atoms with Gasteiger partial charge in [-0.05, 0) is 37.6 Å². The molecule has 1 aromatic heterocycles. The normalized spacial score (nSPS) is 27.0. The molecule has 6 heteroatoms. The molecule has 2 saturated heterocycles. The summed E-state index contributed by atoms with van der Waals surface area (Å²) in [4.78, 5) is 9.05. The molecule has 2 fully saturated rings. The maximum atomic E-state index is 9.75. The number of β-amino-alcohol motifs (C(OH)–C–C–N with tert-alkyl or cyclic N) is 1. The van der Waals surface area contributed by atoms with Crippen molar-refractivity contribution in [2.75, 3.05) is 37.6 Å². The largest absolute Gasteiger partial charge is 0.392 e. The van der Waals surface area contributed by atoms with E-state index in [0.29, 0.717) is 5.56 Å². The number of morpholine rings is 1. The van der Waals surface area contributed by atoms with Crippen molar-refractivity contribution < 1.29 is 9.84 Å². The number of benzene rings is 1. The molecule has 0 radical (unpaired) electrons. The number of anilines is 1. The second-order valence-corrected chi connectivity index (χ2v) is 7.32. The van der Waals surface area contributed by atoms with Gasteiger partial charge in [-0.25, -0.2) is 0 Å². The Kier molecular flexibility index (Phi) is 4.77. The van der Waals surface area contributed by atoms with E-state index in [-0.39, 0.29) is 18.3 Å². The number of rotatable bonds is 3. The molecule has 2 aliphatic rings. The topological polar surface area (TPSA) is 72.6 Å². The highest BCUT2D eigenvalue weighted by molar-refractivity contribution is 5.95. The minimum absolute atomic E-state index is 0.103. The number of fused-ring (bicyclic) bond motifs is 1. The number of hydrogen-bond donors (Lipinski definition) is 1. The first-order valence-electron chi connectivity index (χ1n) is 9.22. The zero-order chi connectivity index (χ0) is 18.1. The van der Waals surface area contributed by atoms with Crippen LogP contribution in [0.4, 0.5) is 5.69 Å². The van der Waals surface area contributed by atoms with Crippen LogP contribution in [0.1, 0.15) is 18.9 Å². The van der Waals surface area contributed by atoms with Gasteiger partial charge in [0.05, 0.1) is 29.4 Å². The van der Waals surface area contributed by atoms with Gasteiger partial charge in [0.1, 0.15) is 6.07 Å². The maximum Gasteiger partial charge on any atom is 0.101 e. The second kappa shape index (κ2) is 7.20. The third-order valence-corrected chi connectivity index (χ3v) is 5.24. The molecule has 2 aromatic rings. The van der Waals surface area contributed by atoms with Crippen LogP contribution in [-0.4, -0.2) is 66.0 Å². The standard InChI is InChI=1S/C20H24N4O2/c1-14-10-24(13-17(26-14)12-23-8-6-16(25)11-23)19-5-4-15(9-21)20-18(19)3-2-7-22-20/h2-5,7,14,16-17,25H,6,8,10-13H2,1H3/t14-,16+,17+/m1/s1. The first-order chi connectivity index (χ1) is 12.6. The number of ether oxygens (including phenoxy) is 1. The van der Waals surface area contributed by atoms with Crippen LogP contribution in [-0.2, 0) is 4.74 Å². The third kappa shape index (κ3) is 3.38. The molecule has 0 saturated carbocycles. The van der Waals surface area contributed by atoms with E-state index in [2.05, 4.69) is 27.8 Å². The van der Waals surface area contributed by atoms with Gasteiger partial charge in [0.2, 0.25) is 0 Å². The summed E-state index contributed by atoms with van der Waals surface area (Å²) >= 11 is 0. The number of nitrogens with zero attached hydrogens (tertiary/aromatic N) is 4. The molecule has 26 heavy (non-hydrogen) atoms. The molecule has 3 heterocycles. The molecule has 4 rings (SSSR count). The summed E-state index contributed by atoms with van der Waals surface area (Å²) in [6, 6.07) is 10.1. The summed E-state index contributed by atoms with van der Waals surface area (Å²) in [5, 5.41) is 20.1. The first-order valence-corrected chi connectivity index (χ1v) is 9.22. The van der Waals surface area contributed by atoms with Crippen molar-refractivity contribution in [1.82, 2.24) is 9.88 Å². The lowest BCUT2D eigenvalue weighted by atomic mass is 10.1. The quantitative estimate of drug-likeness (QED) is 0.908. The van der Waals surface area contributed by atoms with E-state index in [4.69, 9.17) is 4.74 Å². The first kappa shape index (κ1) is 17.2. The summed E-state index contributed by atoms with van der Waals surface area (Å²) < 4.78 is 6.16. The van der Waals surface area contributed by atoms with Gasteiger partial charge in [-0.15, -0.1) is 0 Å². The Labute approximate surface area is 153 Å². The zero-order valence-corrected chi connectivity index (χ0v) is 15.0. The van der Waals surface area contributed by atoms with Crippen LogP contribution >= 0.6 is 0 Å². The Balaban J connectivity index is 1.59. The lowest BCUT2D eigenvalue weighted by Gasteiger charge is -2.40. The number of likely N-dealkylation sites (tertiary alicyclic amines) is 1. The molecule has 0 amide bonds. The highest BCUT2D eigenvalue weighted by Crippen LogP contribution is 2.30. The van der Waals surface area contributed by atoms with Crippen molar-refractivity contribution in [3.05, 3.63) is 36.0 Å². The van der Waals surface area contributed by atoms with Gasteiger partial charge in [-0.1, -0.05) is 0 Å². The molecular formula is C20H24N4O2.